The number of nitrogens with zero attached hydrogens (tertiary/aromatic N) is 4. The molecule has 11 heteroatoms. The fourth-order valence-electron chi connectivity index (χ4n) is 3.19. The van der Waals surface area contributed by atoms with Gasteiger partial charge in [0.05, 0.1) is 30.7 Å². The van der Waals surface area contributed by atoms with Gasteiger partial charge in [0.2, 0.25) is 5.95 Å². The Morgan fingerprint density at radius 1 is 1.32 bits per heavy atom. The molecule has 0 unspecified atom stereocenters. The van der Waals surface area contributed by atoms with Crippen LogP contribution in [0.2, 0.25) is 5.15 Å². The van der Waals surface area contributed by atoms with Crippen LogP contribution in [-0.2, 0) is 24.9 Å². The normalized spacial score (nSPS) is 22.5. The van der Waals surface area contributed by atoms with E-state index in [9.17, 15) is 4.57 Å². The molecule has 2 N–H and O–H groups in total. The highest BCUT2D eigenvalue weighted by Crippen LogP contribution is 2.55. The fraction of sp³-hybridized carbons (Fsp3) is 0.706. The van der Waals surface area contributed by atoms with Gasteiger partial charge in [-0.3, -0.25) is 4.57 Å². The Kier molecular flexibility index (Phi) is 6.04. The van der Waals surface area contributed by atoms with Crippen LogP contribution in [0, 0.1) is 5.92 Å². The highest BCUT2D eigenvalue weighted by Gasteiger charge is 2.54. The Labute approximate surface area is 169 Å². The van der Waals surface area contributed by atoms with Crippen LogP contribution < -0.4 is 5.73 Å². The second-order valence-corrected chi connectivity index (χ2v) is 10.0. The smallest absolute Gasteiger partial charge is 0.356 e. The number of hydrogen-bond donors (Lipinski definition) is 1. The van der Waals surface area contributed by atoms with E-state index in [4.69, 9.17) is 31.1 Å². The maximum absolute atomic E-state index is 13.1. The van der Waals surface area contributed by atoms with Crippen molar-refractivity contribution in [2.45, 2.75) is 65.4 Å². The lowest BCUT2D eigenvalue weighted by atomic mass is 10.2. The summed E-state index contributed by atoms with van der Waals surface area (Å²) in [6.45, 7) is 9.82. The largest absolute Gasteiger partial charge is 0.368 e. The molecule has 0 amide bonds. The minimum Gasteiger partial charge on any atom is -0.368 e. The molecule has 1 fully saturated rings. The van der Waals surface area contributed by atoms with E-state index in [1.165, 1.54) is 0 Å². The van der Waals surface area contributed by atoms with Crippen LogP contribution in [-0.4, -0.2) is 43.7 Å². The number of halogens is 1. The number of nitrogen functional groups attached to an aromatic ring is 1. The zero-order valence-electron chi connectivity index (χ0n) is 16.8. The molecule has 2 aromatic heterocycles. The third kappa shape index (κ3) is 4.66. The lowest BCUT2D eigenvalue weighted by molar-refractivity contribution is 0.0185. The van der Waals surface area contributed by atoms with Crippen molar-refractivity contribution in [3.8, 4) is 0 Å². The van der Waals surface area contributed by atoms with Gasteiger partial charge in [0.1, 0.15) is 11.9 Å². The summed E-state index contributed by atoms with van der Waals surface area (Å²) in [5, 5.41) is 0.209. The molecule has 3 rings (SSSR count). The lowest BCUT2D eigenvalue weighted by Crippen LogP contribution is -2.26. The van der Waals surface area contributed by atoms with Gasteiger partial charge in [0.15, 0.2) is 10.8 Å². The van der Waals surface area contributed by atoms with Crippen molar-refractivity contribution in [1.82, 2.24) is 19.5 Å². The van der Waals surface area contributed by atoms with Crippen LogP contribution in [0.15, 0.2) is 6.33 Å². The highest BCUT2D eigenvalue weighted by molar-refractivity contribution is 7.53. The monoisotopic (exact) mass is 431 g/mol. The molecule has 0 aliphatic heterocycles. The van der Waals surface area contributed by atoms with Gasteiger partial charge >= 0.3 is 7.60 Å². The van der Waals surface area contributed by atoms with E-state index in [0.29, 0.717) is 17.7 Å². The summed E-state index contributed by atoms with van der Waals surface area (Å²) in [6, 6.07) is 0. The summed E-state index contributed by atoms with van der Waals surface area (Å²) >= 11 is 6.10. The summed E-state index contributed by atoms with van der Waals surface area (Å²) in [5.74, 6) is 0.351. The molecule has 0 saturated heterocycles. The second kappa shape index (κ2) is 7.88. The number of anilines is 1. The van der Waals surface area contributed by atoms with E-state index in [2.05, 4.69) is 21.9 Å². The first-order chi connectivity index (χ1) is 13.0. The van der Waals surface area contributed by atoms with Gasteiger partial charge in [-0.1, -0.05) is 18.5 Å². The van der Waals surface area contributed by atoms with Crippen LogP contribution in [0.3, 0.4) is 0 Å². The minimum atomic E-state index is -3.38. The van der Waals surface area contributed by atoms with Crippen LogP contribution >= 0.6 is 19.2 Å². The van der Waals surface area contributed by atoms with Crippen molar-refractivity contribution < 1.29 is 18.3 Å². The fourth-order valence-corrected chi connectivity index (χ4v) is 5.28. The molecule has 28 heavy (non-hydrogen) atoms. The molecular weight excluding hydrogens is 405 g/mol. The Bertz CT molecular complexity index is 891. The van der Waals surface area contributed by atoms with E-state index in [1.54, 1.807) is 6.33 Å². The third-order valence-corrected chi connectivity index (χ3v) is 6.71. The minimum absolute atomic E-state index is 0.0817. The Morgan fingerprint density at radius 2 is 1.93 bits per heavy atom. The molecule has 0 bridgehead atoms. The van der Waals surface area contributed by atoms with Gasteiger partial charge in [0, 0.05) is 0 Å². The van der Waals surface area contributed by atoms with Crippen LogP contribution in [0.25, 0.3) is 11.2 Å². The first-order valence-electron chi connectivity index (χ1n) is 9.27. The van der Waals surface area contributed by atoms with E-state index in [0.717, 1.165) is 6.42 Å². The zero-order valence-corrected chi connectivity index (χ0v) is 18.4. The van der Waals surface area contributed by atoms with Gasteiger partial charge in [-0.15, -0.1) is 0 Å². The van der Waals surface area contributed by atoms with Crippen LogP contribution in [0.5, 0.6) is 0 Å². The molecule has 1 saturated carbocycles. The van der Waals surface area contributed by atoms with Gasteiger partial charge in [-0.05, 0) is 40.0 Å². The molecule has 1 aliphatic rings. The zero-order chi connectivity index (χ0) is 20.7. The van der Waals surface area contributed by atoms with Gasteiger partial charge in [0.25, 0.3) is 0 Å². The average Bonchev–Trinajstić information content (AvgIpc) is 2.99. The van der Waals surface area contributed by atoms with Crippen molar-refractivity contribution in [2.75, 3.05) is 12.1 Å². The van der Waals surface area contributed by atoms with E-state index >= 15 is 0 Å². The number of ether oxygens (including phenoxy) is 1. The summed E-state index contributed by atoms with van der Waals surface area (Å²) in [5.41, 5.74) is 6.24. The molecule has 0 aromatic carbocycles. The van der Waals surface area contributed by atoms with Crippen LogP contribution in [0.4, 0.5) is 5.95 Å². The molecule has 1 aliphatic carbocycles. The standard InChI is InChI=1S/C17H27ClN5O4P/c1-10(2)26-28(24,27-11(3)4)9-25-17(6-12(17)5)7-23-8-20-13-14(18)21-16(19)22-15(13)23/h8,10-12H,6-7,9H2,1-5H3,(H2,19,21,22)/t12-,17+/m1/s1. The SMILES string of the molecule is CC(C)OP(=O)(CO[C@]1(Cn2cnc3c(Cl)nc(N)nc32)C[C@H]1C)OC(C)C. The molecule has 2 heterocycles. The summed E-state index contributed by atoms with van der Waals surface area (Å²) in [4.78, 5) is 12.4. The Balaban J connectivity index is 1.78. The van der Waals surface area contributed by atoms with Gasteiger partial charge in [-0.2, -0.15) is 9.97 Å². The van der Waals surface area contributed by atoms with Gasteiger partial charge in [-0.25, -0.2) is 4.98 Å². The predicted molar refractivity (Wildman–Crippen MR) is 107 cm³/mol. The predicted octanol–water partition coefficient (Wildman–Crippen LogP) is 3.86. The lowest BCUT2D eigenvalue weighted by Gasteiger charge is -2.26. The molecule has 156 valence electrons. The van der Waals surface area contributed by atoms with Crippen molar-refractivity contribution in [3.63, 3.8) is 0 Å². The number of rotatable bonds is 9. The molecule has 9 nitrogen and oxygen atoms in total. The first kappa shape index (κ1) is 21.5. The van der Waals surface area contributed by atoms with Gasteiger partial charge < -0.3 is 24.1 Å². The summed E-state index contributed by atoms with van der Waals surface area (Å²) < 4.78 is 32.2. The molecule has 0 radical (unpaired) electrons. The number of fused-ring (bicyclic) bond motifs is 1. The molecule has 2 aromatic rings. The van der Waals surface area contributed by atoms with Crippen molar-refractivity contribution in [3.05, 3.63) is 11.5 Å². The maximum Gasteiger partial charge on any atom is 0.356 e. The summed E-state index contributed by atoms with van der Waals surface area (Å²) in [6.07, 6.45) is 1.86. The third-order valence-electron chi connectivity index (χ3n) is 4.52. The highest BCUT2D eigenvalue weighted by atomic mass is 35.5. The average molecular weight is 432 g/mol. The summed E-state index contributed by atoms with van der Waals surface area (Å²) in [7, 11) is -3.38. The van der Waals surface area contributed by atoms with E-state index in [1.807, 2.05) is 32.3 Å². The number of hydrogen-bond acceptors (Lipinski definition) is 8. The number of nitrogens with two attached hydrogens (primary N) is 1. The van der Waals surface area contributed by atoms with Crippen LogP contribution in [0.1, 0.15) is 41.0 Å². The van der Waals surface area contributed by atoms with E-state index < -0.39 is 13.2 Å². The van der Waals surface area contributed by atoms with Crippen molar-refractivity contribution in [2.24, 2.45) is 5.92 Å². The van der Waals surface area contributed by atoms with Crippen molar-refractivity contribution >= 4 is 36.3 Å². The molecule has 0 spiro atoms. The topological polar surface area (TPSA) is 114 Å². The van der Waals surface area contributed by atoms with E-state index in [-0.39, 0.29) is 35.6 Å². The first-order valence-corrected chi connectivity index (χ1v) is 11.4. The number of aromatic nitrogens is 4. The maximum atomic E-state index is 13.1. The quantitative estimate of drug-likeness (QED) is 0.470. The Hall–Kier alpha value is -1.25. The second-order valence-electron chi connectivity index (χ2n) is 7.78. The van der Waals surface area contributed by atoms with Crippen molar-refractivity contribution in [1.29, 1.82) is 0 Å². The number of imidazole rings is 1. The Morgan fingerprint density at radius 3 is 2.46 bits per heavy atom. The molecule has 2 atom stereocenters. The molecular formula is C17H27ClN5O4P.